The van der Waals surface area contributed by atoms with Crippen molar-refractivity contribution in [2.75, 3.05) is 30.3 Å². The van der Waals surface area contributed by atoms with E-state index in [2.05, 4.69) is 10.6 Å². The lowest BCUT2D eigenvalue weighted by molar-refractivity contribution is -0.121. The van der Waals surface area contributed by atoms with Gasteiger partial charge in [-0.1, -0.05) is 24.6 Å². The number of hydrogen-bond donors (Lipinski definition) is 2. The molecule has 160 valence electrons. The first-order valence-electron chi connectivity index (χ1n) is 10.6. The topological polar surface area (TPSA) is 70.7 Å². The predicted octanol–water partition coefficient (Wildman–Crippen LogP) is 4.91. The van der Waals surface area contributed by atoms with E-state index >= 15 is 0 Å². The first kappa shape index (κ1) is 21.7. The summed E-state index contributed by atoms with van der Waals surface area (Å²) < 4.78 is 5.43. The van der Waals surface area contributed by atoms with Crippen LogP contribution in [0.5, 0.6) is 5.75 Å². The van der Waals surface area contributed by atoms with Crippen molar-refractivity contribution < 1.29 is 14.3 Å². The van der Waals surface area contributed by atoms with Crippen LogP contribution in [0, 0.1) is 18.8 Å². The van der Waals surface area contributed by atoms with E-state index in [1.807, 2.05) is 74.2 Å². The molecule has 0 bridgehead atoms. The first-order valence-corrected chi connectivity index (χ1v) is 10.6. The number of urea groups is 1. The summed E-state index contributed by atoms with van der Waals surface area (Å²) in [7, 11) is 0. The lowest BCUT2D eigenvalue weighted by Crippen LogP contribution is -2.43. The number of nitrogens with one attached hydrogen (secondary N) is 2. The molecule has 1 aliphatic heterocycles. The summed E-state index contributed by atoms with van der Waals surface area (Å²) in [4.78, 5) is 27.0. The minimum absolute atomic E-state index is 0.0155. The summed E-state index contributed by atoms with van der Waals surface area (Å²) in [6.07, 6.45) is 1.64. The van der Waals surface area contributed by atoms with E-state index in [0.717, 1.165) is 35.5 Å². The average molecular weight is 410 g/mol. The Kier molecular flexibility index (Phi) is 7.33. The van der Waals surface area contributed by atoms with Gasteiger partial charge in [0, 0.05) is 30.4 Å². The van der Waals surface area contributed by atoms with E-state index in [-0.39, 0.29) is 23.8 Å². The summed E-state index contributed by atoms with van der Waals surface area (Å²) in [6.45, 7) is 7.85. The number of carbonyl (C=O) groups excluding carboxylic acids is 2. The van der Waals surface area contributed by atoms with Gasteiger partial charge in [0.15, 0.2) is 0 Å². The van der Waals surface area contributed by atoms with Crippen LogP contribution in [0.3, 0.4) is 0 Å². The molecule has 0 aromatic heterocycles. The van der Waals surface area contributed by atoms with Gasteiger partial charge in [-0.2, -0.15) is 0 Å². The molecule has 1 heterocycles. The van der Waals surface area contributed by atoms with Crippen molar-refractivity contribution in [2.45, 2.75) is 33.6 Å². The van der Waals surface area contributed by atoms with Crippen LogP contribution in [-0.2, 0) is 4.79 Å². The number of ether oxygens (including phenoxy) is 1. The largest absolute Gasteiger partial charge is 0.494 e. The molecule has 0 aliphatic carbocycles. The molecule has 1 saturated heterocycles. The van der Waals surface area contributed by atoms with E-state index < -0.39 is 0 Å². The molecule has 3 rings (SSSR count). The molecule has 0 saturated carbocycles. The molecule has 2 N–H and O–H groups in total. The molecule has 1 fully saturated rings. The Hall–Kier alpha value is -3.02. The number of anilines is 2. The van der Waals surface area contributed by atoms with Crippen LogP contribution >= 0.6 is 0 Å². The molecular formula is C24H31N3O3. The van der Waals surface area contributed by atoms with Gasteiger partial charge in [0.25, 0.3) is 0 Å². The van der Waals surface area contributed by atoms with Gasteiger partial charge in [-0.3, -0.25) is 4.79 Å². The van der Waals surface area contributed by atoms with Gasteiger partial charge < -0.3 is 20.3 Å². The summed E-state index contributed by atoms with van der Waals surface area (Å²) in [5.74, 6) is 0.955. The summed E-state index contributed by atoms with van der Waals surface area (Å²) >= 11 is 0. The lowest BCUT2D eigenvalue weighted by Gasteiger charge is -2.34. The Bertz CT molecular complexity index is 841. The zero-order valence-corrected chi connectivity index (χ0v) is 18.0. The number of benzene rings is 2. The molecule has 6 nitrogen and oxygen atoms in total. The maximum absolute atomic E-state index is 12.7. The van der Waals surface area contributed by atoms with Crippen molar-refractivity contribution in [1.82, 2.24) is 4.90 Å². The van der Waals surface area contributed by atoms with Crippen molar-refractivity contribution >= 4 is 23.3 Å². The van der Waals surface area contributed by atoms with Crippen LogP contribution in [0.25, 0.3) is 0 Å². The Balaban J connectivity index is 1.46. The number of carbonyl (C=O) groups is 2. The summed E-state index contributed by atoms with van der Waals surface area (Å²) in [6, 6.07) is 15.1. The fraction of sp³-hybridized carbons (Fsp3) is 0.417. The quantitative estimate of drug-likeness (QED) is 0.712. The van der Waals surface area contributed by atoms with E-state index in [9.17, 15) is 9.59 Å². The fourth-order valence-electron chi connectivity index (χ4n) is 3.71. The second kappa shape index (κ2) is 10.1. The fourth-order valence-corrected chi connectivity index (χ4v) is 3.71. The lowest BCUT2D eigenvalue weighted by atomic mass is 9.85. The normalized spacial score (nSPS) is 15.4. The third-order valence-electron chi connectivity index (χ3n) is 5.68. The number of hydrogen-bond acceptors (Lipinski definition) is 3. The SMILES string of the molecule is CCOc1ccc(NC(=O)[C@H](C)C2CCN(C(=O)Nc3ccc(C)cc3)CC2)cc1. The highest BCUT2D eigenvalue weighted by molar-refractivity contribution is 5.92. The maximum atomic E-state index is 12.7. The Morgan fingerprint density at radius 3 is 2.17 bits per heavy atom. The first-order chi connectivity index (χ1) is 14.5. The summed E-state index contributed by atoms with van der Waals surface area (Å²) in [5, 5.41) is 5.94. The van der Waals surface area contributed by atoms with Gasteiger partial charge in [0.2, 0.25) is 5.91 Å². The van der Waals surface area contributed by atoms with Gasteiger partial charge in [-0.15, -0.1) is 0 Å². The predicted molar refractivity (Wildman–Crippen MR) is 120 cm³/mol. The molecule has 0 unspecified atom stereocenters. The van der Waals surface area contributed by atoms with Crippen molar-refractivity contribution in [2.24, 2.45) is 11.8 Å². The molecule has 0 spiro atoms. The average Bonchev–Trinajstić information content (AvgIpc) is 2.76. The van der Waals surface area contributed by atoms with E-state index in [4.69, 9.17) is 4.74 Å². The minimum Gasteiger partial charge on any atom is -0.494 e. The molecule has 6 heteroatoms. The van der Waals surface area contributed by atoms with E-state index in [1.165, 1.54) is 0 Å². The zero-order valence-electron chi connectivity index (χ0n) is 18.0. The smallest absolute Gasteiger partial charge is 0.321 e. The highest BCUT2D eigenvalue weighted by atomic mass is 16.5. The van der Waals surface area contributed by atoms with Gasteiger partial charge in [-0.05, 0) is 69.0 Å². The zero-order chi connectivity index (χ0) is 21.5. The van der Waals surface area contributed by atoms with Crippen LogP contribution in [0.4, 0.5) is 16.2 Å². The second-order valence-corrected chi connectivity index (χ2v) is 7.86. The van der Waals surface area contributed by atoms with Crippen LogP contribution in [0.15, 0.2) is 48.5 Å². The number of rotatable bonds is 6. The number of amides is 3. The number of likely N-dealkylation sites (tertiary alicyclic amines) is 1. The molecule has 30 heavy (non-hydrogen) atoms. The highest BCUT2D eigenvalue weighted by Gasteiger charge is 2.30. The molecular weight excluding hydrogens is 378 g/mol. The van der Waals surface area contributed by atoms with Crippen molar-refractivity contribution in [3.63, 3.8) is 0 Å². The number of aryl methyl sites for hydroxylation is 1. The molecule has 0 radical (unpaired) electrons. The maximum Gasteiger partial charge on any atom is 0.321 e. The van der Waals surface area contributed by atoms with E-state index in [0.29, 0.717) is 19.7 Å². The highest BCUT2D eigenvalue weighted by Crippen LogP contribution is 2.27. The standard InChI is InChI=1S/C24H31N3O3/c1-4-30-22-11-9-20(10-12-22)25-23(28)18(3)19-13-15-27(16-14-19)24(29)26-21-7-5-17(2)6-8-21/h5-12,18-19H,4,13-16H2,1-3H3,(H,25,28)(H,26,29)/t18-/m1/s1. The number of piperidine rings is 1. The van der Waals surface area contributed by atoms with Crippen LogP contribution in [0.1, 0.15) is 32.3 Å². The van der Waals surface area contributed by atoms with Crippen molar-refractivity contribution in [1.29, 1.82) is 0 Å². The third kappa shape index (κ3) is 5.75. The third-order valence-corrected chi connectivity index (χ3v) is 5.68. The van der Waals surface area contributed by atoms with Crippen molar-refractivity contribution in [3.8, 4) is 5.75 Å². The molecule has 2 aromatic carbocycles. The van der Waals surface area contributed by atoms with Crippen molar-refractivity contribution in [3.05, 3.63) is 54.1 Å². The van der Waals surface area contributed by atoms with Gasteiger partial charge in [0.1, 0.15) is 5.75 Å². The second-order valence-electron chi connectivity index (χ2n) is 7.86. The molecule has 2 aromatic rings. The van der Waals surface area contributed by atoms with Gasteiger partial charge in [0.05, 0.1) is 6.61 Å². The van der Waals surface area contributed by atoms with Gasteiger partial charge >= 0.3 is 6.03 Å². The van der Waals surface area contributed by atoms with Crippen LogP contribution in [0.2, 0.25) is 0 Å². The van der Waals surface area contributed by atoms with Crippen LogP contribution in [-0.4, -0.2) is 36.5 Å². The minimum atomic E-state index is -0.112. The molecule has 1 aliphatic rings. The monoisotopic (exact) mass is 409 g/mol. The molecule has 3 amide bonds. The van der Waals surface area contributed by atoms with E-state index in [1.54, 1.807) is 0 Å². The Labute approximate surface area is 178 Å². The summed E-state index contributed by atoms with van der Waals surface area (Å²) in [5.41, 5.74) is 2.73. The van der Waals surface area contributed by atoms with Crippen LogP contribution < -0.4 is 15.4 Å². The Morgan fingerprint density at radius 2 is 1.57 bits per heavy atom. The molecule has 1 atom stereocenters. The number of nitrogens with zero attached hydrogens (tertiary/aromatic N) is 1. The van der Waals surface area contributed by atoms with Gasteiger partial charge in [-0.25, -0.2) is 4.79 Å². The Morgan fingerprint density at radius 1 is 1.00 bits per heavy atom.